The molecule has 2 rings (SSSR count). The lowest BCUT2D eigenvalue weighted by Crippen LogP contribution is -2.17. The molecule has 1 saturated carbocycles. The second-order valence-corrected chi connectivity index (χ2v) is 3.96. The molecular formula is C11H16N2. The highest BCUT2D eigenvalue weighted by molar-refractivity contribution is 5.48. The van der Waals surface area contributed by atoms with Crippen LogP contribution in [0.3, 0.4) is 0 Å². The fraction of sp³-hybridized carbons (Fsp3) is 0.545. The number of aryl methyl sites for hydroxylation is 1. The summed E-state index contributed by atoms with van der Waals surface area (Å²) in [6.45, 7) is 4.37. The van der Waals surface area contributed by atoms with E-state index in [1.807, 2.05) is 18.5 Å². The summed E-state index contributed by atoms with van der Waals surface area (Å²) in [5.74, 6) is 0.889. The van der Waals surface area contributed by atoms with Crippen molar-refractivity contribution in [2.75, 3.05) is 5.32 Å². The maximum atomic E-state index is 4.12. The van der Waals surface area contributed by atoms with Gasteiger partial charge in [-0.2, -0.15) is 0 Å². The van der Waals surface area contributed by atoms with Crippen molar-refractivity contribution >= 4 is 5.69 Å². The van der Waals surface area contributed by atoms with Gasteiger partial charge in [-0.25, -0.2) is 0 Å². The molecule has 70 valence electrons. The molecule has 2 nitrogen and oxygen atoms in total. The van der Waals surface area contributed by atoms with Gasteiger partial charge in [0.15, 0.2) is 0 Å². The molecule has 1 aliphatic carbocycles. The van der Waals surface area contributed by atoms with Gasteiger partial charge in [-0.15, -0.1) is 0 Å². The molecule has 0 saturated heterocycles. The number of rotatable bonds is 3. The van der Waals surface area contributed by atoms with Crippen molar-refractivity contribution in [2.24, 2.45) is 5.92 Å². The minimum atomic E-state index is 0.600. The maximum absolute atomic E-state index is 4.12. The first-order chi connectivity index (χ1) is 6.27. The lowest BCUT2D eigenvalue weighted by molar-refractivity contribution is 0.693. The predicted octanol–water partition coefficient (Wildman–Crippen LogP) is 2.60. The largest absolute Gasteiger partial charge is 0.381 e. The lowest BCUT2D eigenvalue weighted by atomic mass is 10.2. The molecule has 13 heavy (non-hydrogen) atoms. The average molecular weight is 176 g/mol. The lowest BCUT2D eigenvalue weighted by Gasteiger charge is -2.15. The molecule has 1 N–H and O–H groups in total. The summed E-state index contributed by atoms with van der Waals surface area (Å²) >= 11 is 0. The summed E-state index contributed by atoms with van der Waals surface area (Å²) < 4.78 is 0. The highest BCUT2D eigenvalue weighted by Crippen LogP contribution is 2.34. The smallest absolute Gasteiger partial charge is 0.0558 e. The van der Waals surface area contributed by atoms with Gasteiger partial charge >= 0.3 is 0 Å². The first-order valence-corrected chi connectivity index (χ1v) is 4.94. The topological polar surface area (TPSA) is 24.9 Å². The van der Waals surface area contributed by atoms with Crippen molar-refractivity contribution < 1.29 is 0 Å². The van der Waals surface area contributed by atoms with E-state index in [1.54, 1.807) is 0 Å². The van der Waals surface area contributed by atoms with E-state index in [4.69, 9.17) is 0 Å². The van der Waals surface area contributed by atoms with Crippen molar-refractivity contribution in [2.45, 2.75) is 32.7 Å². The zero-order chi connectivity index (χ0) is 9.26. The van der Waals surface area contributed by atoms with E-state index in [2.05, 4.69) is 24.1 Å². The first-order valence-electron chi connectivity index (χ1n) is 4.94. The molecule has 0 aliphatic heterocycles. The Kier molecular flexibility index (Phi) is 2.21. The third-order valence-electron chi connectivity index (χ3n) is 2.75. The summed E-state index contributed by atoms with van der Waals surface area (Å²) in [5.41, 5.74) is 2.46. The third kappa shape index (κ3) is 2.00. The van der Waals surface area contributed by atoms with Gasteiger partial charge in [-0.05, 0) is 44.2 Å². The summed E-state index contributed by atoms with van der Waals surface area (Å²) in [6.07, 6.45) is 6.51. The van der Waals surface area contributed by atoms with Crippen LogP contribution < -0.4 is 5.32 Å². The second kappa shape index (κ2) is 3.36. The van der Waals surface area contributed by atoms with Crippen LogP contribution in [0, 0.1) is 12.8 Å². The molecule has 2 heteroatoms. The van der Waals surface area contributed by atoms with Crippen LogP contribution in [-0.2, 0) is 0 Å². The zero-order valence-electron chi connectivity index (χ0n) is 8.25. The Morgan fingerprint density at radius 1 is 1.54 bits per heavy atom. The van der Waals surface area contributed by atoms with Gasteiger partial charge in [-0.1, -0.05) is 0 Å². The number of nitrogens with zero attached hydrogens (tertiary/aromatic N) is 1. The Morgan fingerprint density at radius 2 is 2.31 bits per heavy atom. The molecule has 1 heterocycles. The average Bonchev–Trinajstić information content (AvgIpc) is 2.91. The van der Waals surface area contributed by atoms with E-state index in [1.165, 1.54) is 24.1 Å². The maximum Gasteiger partial charge on any atom is 0.0558 e. The van der Waals surface area contributed by atoms with Gasteiger partial charge < -0.3 is 5.32 Å². The van der Waals surface area contributed by atoms with Crippen LogP contribution in [0.4, 0.5) is 5.69 Å². The Morgan fingerprint density at radius 3 is 2.92 bits per heavy atom. The van der Waals surface area contributed by atoms with Crippen molar-refractivity contribution in [1.29, 1.82) is 0 Å². The minimum absolute atomic E-state index is 0.600. The molecule has 0 amide bonds. The zero-order valence-corrected chi connectivity index (χ0v) is 8.25. The van der Waals surface area contributed by atoms with Gasteiger partial charge in [0.2, 0.25) is 0 Å². The Bertz CT molecular complexity index is 292. The van der Waals surface area contributed by atoms with E-state index in [-0.39, 0.29) is 0 Å². The molecular weight excluding hydrogens is 160 g/mol. The second-order valence-electron chi connectivity index (χ2n) is 3.96. The molecule has 0 radical (unpaired) electrons. The third-order valence-corrected chi connectivity index (χ3v) is 2.75. The minimum Gasteiger partial charge on any atom is -0.381 e. The molecule has 1 aliphatic rings. The summed E-state index contributed by atoms with van der Waals surface area (Å²) in [7, 11) is 0. The van der Waals surface area contributed by atoms with Crippen LogP contribution in [0.5, 0.6) is 0 Å². The molecule has 1 aromatic rings. The van der Waals surface area contributed by atoms with Gasteiger partial charge in [-0.3, -0.25) is 4.98 Å². The van der Waals surface area contributed by atoms with Crippen molar-refractivity contribution in [3.63, 3.8) is 0 Å². The van der Waals surface area contributed by atoms with Gasteiger partial charge in [0.25, 0.3) is 0 Å². The standard InChI is InChI=1S/C11H16N2/c1-8-5-6-12-7-11(8)13-9(2)10-3-4-10/h5-7,9-10,13H,3-4H2,1-2H3/t9-/m0/s1. The molecule has 0 unspecified atom stereocenters. The van der Waals surface area contributed by atoms with E-state index >= 15 is 0 Å². The molecule has 1 atom stereocenters. The SMILES string of the molecule is Cc1ccncc1N[C@@H](C)C1CC1. The van der Waals surface area contributed by atoms with Crippen LogP contribution in [0.1, 0.15) is 25.3 Å². The van der Waals surface area contributed by atoms with Crippen molar-refractivity contribution in [1.82, 2.24) is 4.98 Å². The van der Waals surface area contributed by atoms with Crippen LogP contribution in [0.2, 0.25) is 0 Å². The Hall–Kier alpha value is -1.05. The Balaban J connectivity index is 2.03. The first kappa shape index (κ1) is 8.54. The van der Waals surface area contributed by atoms with E-state index in [0.717, 1.165) is 5.92 Å². The number of anilines is 1. The fourth-order valence-electron chi connectivity index (χ4n) is 1.57. The number of nitrogens with one attached hydrogen (secondary N) is 1. The highest BCUT2D eigenvalue weighted by atomic mass is 14.9. The van der Waals surface area contributed by atoms with E-state index < -0.39 is 0 Å². The molecule has 1 aromatic heterocycles. The number of pyridine rings is 1. The van der Waals surface area contributed by atoms with Crippen molar-refractivity contribution in [3.05, 3.63) is 24.0 Å². The van der Waals surface area contributed by atoms with E-state index in [0.29, 0.717) is 6.04 Å². The number of hydrogen-bond acceptors (Lipinski definition) is 2. The molecule has 1 fully saturated rings. The quantitative estimate of drug-likeness (QED) is 0.765. The van der Waals surface area contributed by atoms with Crippen LogP contribution >= 0.6 is 0 Å². The monoisotopic (exact) mass is 176 g/mol. The van der Waals surface area contributed by atoms with Crippen LogP contribution in [0.15, 0.2) is 18.5 Å². The highest BCUT2D eigenvalue weighted by Gasteiger charge is 2.27. The van der Waals surface area contributed by atoms with E-state index in [9.17, 15) is 0 Å². The molecule has 0 bridgehead atoms. The summed E-state index contributed by atoms with van der Waals surface area (Å²) in [5, 5.41) is 3.51. The predicted molar refractivity (Wildman–Crippen MR) is 54.8 cm³/mol. The van der Waals surface area contributed by atoms with Crippen LogP contribution in [0.25, 0.3) is 0 Å². The fourth-order valence-corrected chi connectivity index (χ4v) is 1.57. The van der Waals surface area contributed by atoms with Gasteiger partial charge in [0.1, 0.15) is 0 Å². The molecule has 0 spiro atoms. The normalized spacial score (nSPS) is 18.3. The number of hydrogen-bond donors (Lipinski definition) is 1. The Labute approximate surface area is 79.4 Å². The summed E-state index contributed by atoms with van der Waals surface area (Å²) in [6, 6.07) is 2.64. The van der Waals surface area contributed by atoms with Gasteiger partial charge in [0.05, 0.1) is 11.9 Å². The van der Waals surface area contributed by atoms with Crippen molar-refractivity contribution in [3.8, 4) is 0 Å². The number of aromatic nitrogens is 1. The van der Waals surface area contributed by atoms with Gasteiger partial charge in [0, 0.05) is 12.2 Å². The van der Waals surface area contributed by atoms with Crippen LogP contribution in [-0.4, -0.2) is 11.0 Å². The summed E-state index contributed by atoms with van der Waals surface area (Å²) in [4.78, 5) is 4.12. The molecule has 0 aromatic carbocycles.